The Kier molecular flexibility index (Phi) is 4.56. The van der Waals surface area contributed by atoms with E-state index in [-0.39, 0.29) is 11.7 Å². The number of amides is 1. The van der Waals surface area contributed by atoms with E-state index in [0.717, 1.165) is 11.9 Å². The van der Waals surface area contributed by atoms with E-state index in [1.807, 2.05) is 24.4 Å². The molecule has 1 aromatic heterocycles. The molecule has 0 bridgehead atoms. The summed E-state index contributed by atoms with van der Waals surface area (Å²) in [6, 6.07) is 7.69. The number of aromatic nitrogens is 1. The predicted octanol–water partition coefficient (Wildman–Crippen LogP) is 2.58. The summed E-state index contributed by atoms with van der Waals surface area (Å²) in [5.74, 6) is -0.0734. The van der Waals surface area contributed by atoms with Crippen LogP contribution in [0.25, 0.3) is 10.9 Å². The Labute approximate surface area is 118 Å². The van der Waals surface area contributed by atoms with Crippen molar-refractivity contribution in [1.82, 2.24) is 10.3 Å². The molecule has 4 heteroatoms. The summed E-state index contributed by atoms with van der Waals surface area (Å²) in [7, 11) is 0. The van der Waals surface area contributed by atoms with Crippen LogP contribution in [0.3, 0.4) is 0 Å². The van der Waals surface area contributed by atoms with Gasteiger partial charge < -0.3 is 10.3 Å². The van der Waals surface area contributed by atoms with Gasteiger partial charge in [-0.05, 0) is 31.4 Å². The minimum absolute atomic E-state index is 0.00615. The van der Waals surface area contributed by atoms with Crippen LogP contribution in [0.5, 0.6) is 0 Å². The fourth-order valence-corrected chi connectivity index (χ4v) is 2.31. The zero-order valence-electron chi connectivity index (χ0n) is 11.9. The summed E-state index contributed by atoms with van der Waals surface area (Å²) in [6.45, 7) is 3.31. The lowest BCUT2D eigenvalue weighted by Crippen LogP contribution is -2.39. The molecule has 2 aromatic rings. The van der Waals surface area contributed by atoms with Gasteiger partial charge in [-0.15, -0.1) is 0 Å². The Morgan fingerprint density at radius 2 is 2.05 bits per heavy atom. The molecule has 1 heterocycles. The summed E-state index contributed by atoms with van der Waals surface area (Å²) in [6.07, 6.45) is 3.77. The van der Waals surface area contributed by atoms with Crippen LogP contribution in [0, 0.1) is 0 Å². The molecule has 2 rings (SSSR count). The Hall–Kier alpha value is -2.10. The number of nitrogens with one attached hydrogen (secondary N) is 2. The van der Waals surface area contributed by atoms with Gasteiger partial charge in [0, 0.05) is 23.5 Å². The number of H-pyrrole nitrogens is 1. The van der Waals surface area contributed by atoms with Crippen LogP contribution in [0.15, 0.2) is 30.5 Å². The number of hydrogen-bond acceptors (Lipinski definition) is 2. The van der Waals surface area contributed by atoms with Crippen LogP contribution in [0.2, 0.25) is 0 Å². The fraction of sp³-hybridized carbons (Fsp3) is 0.375. The molecule has 0 saturated carbocycles. The second kappa shape index (κ2) is 6.37. The summed E-state index contributed by atoms with van der Waals surface area (Å²) >= 11 is 0. The van der Waals surface area contributed by atoms with Crippen molar-refractivity contribution >= 4 is 22.6 Å². The Morgan fingerprint density at radius 1 is 1.30 bits per heavy atom. The predicted molar refractivity (Wildman–Crippen MR) is 79.5 cm³/mol. The third kappa shape index (κ3) is 3.26. The maximum absolute atomic E-state index is 11.6. The molecule has 0 fully saturated rings. The average Bonchev–Trinajstić information content (AvgIpc) is 2.86. The summed E-state index contributed by atoms with van der Waals surface area (Å²) in [5.41, 5.74) is 2.28. The van der Waals surface area contributed by atoms with E-state index >= 15 is 0 Å². The van der Waals surface area contributed by atoms with E-state index in [0.29, 0.717) is 12.8 Å². The average molecular weight is 272 g/mol. The number of Topliss-reactive ketones (excluding diaryl/α,β-unsaturated/α-hetero) is 1. The van der Waals surface area contributed by atoms with Crippen molar-refractivity contribution in [2.24, 2.45) is 0 Å². The first-order valence-electron chi connectivity index (χ1n) is 6.96. The largest absolute Gasteiger partial charge is 0.361 e. The monoisotopic (exact) mass is 272 g/mol. The number of aromatic amines is 1. The third-order valence-electron chi connectivity index (χ3n) is 3.52. The molecule has 0 aliphatic heterocycles. The van der Waals surface area contributed by atoms with Crippen LogP contribution in [-0.4, -0.2) is 22.7 Å². The summed E-state index contributed by atoms with van der Waals surface area (Å²) in [4.78, 5) is 26.2. The van der Waals surface area contributed by atoms with Crippen LogP contribution < -0.4 is 5.32 Å². The lowest BCUT2D eigenvalue weighted by atomic mass is 10.0. The fourth-order valence-electron chi connectivity index (χ4n) is 2.31. The minimum atomic E-state index is -0.392. The highest BCUT2D eigenvalue weighted by Crippen LogP contribution is 2.19. The van der Waals surface area contributed by atoms with E-state index in [4.69, 9.17) is 0 Å². The van der Waals surface area contributed by atoms with E-state index in [9.17, 15) is 9.59 Å². The van der Waals surface area contributed by atoms with Crippen molar-refractivity contribution in [3.63, 3.8) is 0 Å². The number of aryl methyl sites for hydroxylation is 1. The number of carbonyl (C=O) groups excluding carboxylic acids is 2. The van der Waals surface area contributed by atoms with Gasteiger partial charge in [-0.2, -0.15) is 0 Å². The third-order valence-corrected chi connectivity index (χ3v) is 3.52. The number of ketones is 1. The van der Waals surface area contributed by atoms with E-state index in [1.165, 1.54) is 17.9 Å². The summed E-state index contributed by atoms with van der Waals surface area (Å²) in [5, 5.41) is 3.96. The maximum Gasteiger partial charge on any atom is 0.220 e. The second-order valence-electron chi connectivity index (χ2n) is 4.98. The number of hydrogen-bond donors (Lipinski definition) is 2. The normalized spacial score (nSPS) is 12.3. The Bertz CT molecular complexity index is 616. The van der Waals surface area contributed by atoms with Gasteiger partial charge in [-0.3, -0.25) is 9.59 Å². The van der Waals surface area contributed by atoms with Gasteiger partial charge in [-0.25, -0.2) is 0 Å². The molecule has 1 atom stereocenters. The number of carbonyl (C=O) groups is 2. The van der Waals surface area contributed by atoms with Crippen molar-refractivity contribution in [1.29, 1.82) is 0 Å². The Morgan fingerprint density at radius 3 is 2.75 bits per heavy atom. The SMILES string of the molecule is CCC(=O)N[C@@H](CCc1c[nH]c2ccccc12)C(C)=O. The number of rotatable bonds is 6. The molecule has 0 aliphatic carbocycles. The molecule has 2 N–H and O–H groups in total. The van der Waals surface area contributed by atoms with Gasteiger partial charge in [0.15, 0.2) is 5.78 Å². The highest BCUT2D eigenvalue weighted by molar-refractivity contribution is 5.87. The molecule has 0 unspecified atom stereocenters. The molecule has 0 aliphatic rings. The van der Waals surface area contributed by atoms with Gasteiger partial charge in [0.25, 0.3) is 0 Å². The van der Waals surface area contributed by atoms with Crippen molar-refractivity contribution < 1.29 is 9.59 Å². The lowest BCUT2D eigenvalue weighted by molar-refractivity contribution is -0.126. The van der Waals surface area contributed by atoms with Gasteiger partial charge in [-0.1, -0.05) is 25.1 Å². The topological polar surface area (TPSA) is 62.0 Å². The first-order valence-corrected chi connectivity index (χ1v) is 6.96. The van der Waals surface area contributed by atoms with Crippen molar-refractivity contribution in [2.45, 2.75) is 39.2 Å². The standard InChI is InChI=1S/C16H20N2O2/c1-3-16(20)18-14(11(2)19)9-8-12-10-17-15-7-5-4-6-13(12)15/h4-7,10,14,17H,3,8-9H2,1-2H3,(H,18,20)/t14-/m0/s1. The zero-order valence-corrected chi connectivity index (χ0v) is 11.9. The number of benzene rings is 1. The zero-order chi connectivity index (χ0) is 14.5. The highest BCUT2D eigenvalue weighted by Gasteiger charge is 2.16. The first-order chi connectivity index (χ1) is 9.61. The van der Waals surface area contributed by atoms with E-state index in [1.54, 1.807) is 6.92 Å². The van der Waals surface area contributed by atoms with E-state index < -0.39 is 6.04 Å². The molecule has 1 aromatic carbocycles. The molecule has 0 saturated heterocycles. The quantitative estimate of drug-likeness (QED) is 0.849. The molecule has 106 valence electrons. The van der Waals surface area contributed by atoms with Crippen LogP contribution in [0.4, 0.5) is 0 Å². The van der Waals surface area contributed by atoms with Gasteiger partial charge in [0.1, 0.15) is 0 Å². The van der Waals surface area contributed by atoms with Crippen LogP contribution in [0.1, 0.15) is 32.3 Å². The van der Waals surface area contributed by atoms with Gasteiger partial charge in [0.05, 0.1) is 6.04 Å². The lowest BCUT2D eigenvalue weighted by Gasteiger charge is -2.15. The van der Waals surface area contributed by atoms with Crippen molar-refractivity contribution in [2.75, 3.05) is 0 Å². The highest BCUT2D eigenvalue weighted by atomic mass is 16.2. The molecule has 1 amide bonds. The molecule has 20 heavy (non-hydrogen) atoms. The maximum atomic E-state index is 11.6. The van der Waals surface area contributed by atoms with E-state index in [2.05, 4.69) is 16.4 Å². The second-order valence-corrected chi connectivity index (χ2v) is 4.98. The minimum Gasteiger partial charge on any atom is -0.361 e. The molecule has 4 nitrogen and oxygen atoms in total. The van der Waals surface area contributed by atoms with Crippen LogP contribution >= 0.6 is 0 Å². The molecular weight excluding hydrogens is 252 g/mol. The van der Waals surface area contributed by atoms with Gasteiger partial charge >= 0.3 is 0 Å². The first kappa shape index (κ1) is 14.3. The van der Waals surface area contributed by atoms with Crippen LogP contribution in [-0.2, 0) is 16.0 Å². The summed E-state index contributed by atoms with van der Waals surface area (Å²) < 4.78 is 0. The number of para-hydroxylation sites is 1. The van der Waals surface area contributed by atoms with Crippen molar-refractivity contribution in [3.8, 4) is 0 Å². The van der Waals surface area contributed by atoms with Crippen molar-refractivity contribution in [3.05, 3.63) is 36.0 Å². The molecule has 0 radical (unpaired) electrons. The smallest absolute Gasteiger partial charge is 0.220 e. The Balaban J connectivity index is 2.05. The molecular formula is C16H20N2O2. The molecule has 0 spiro atoms. The number of fused-ring (bicyclic) bond motifs is 1. The van der Waals surface area contributed by atoms with Gasteiger partial charge in [0.2, 0.25) is 5.91 Å².